The third-order valence-electron chi connectivity index (χ3n) is 2.73. The van der Waals surface area contributed by atoms with Gasteiger partial charge in [0.1, 0.15) is 5.82 Å². The van der Waals surface area contributed by atoms with Gasteiger partial charge in [-0.1, -0.05) is 38.4 Å². The molecule has 3 heteroatoms. The van der Waals surface area contributed by atoms with E-state index in [4.69, 9.17) is 11.6 Å². The third kappa shape index (κ3) is 3.77. The van der Waals surface area contributed by atoms with Gasteiger partial charge in [-0.3, -0.25) is 4.98 Å². The van der Waals surface area contributed by atoms with Gasteiger partial charge in [-0.05, 0) is 42.2 Å². The van der Waals surface area contributed by atoms with Crippen molar-refractivity contribution in [2.45, 2.75) is 27.2 Å². The first-order valence-electron chi connectivity index (χ1n) is 6.26. The molecule has 0 aliphatic rings. The van der Waals surface area contributed by atoms with E-state index in [2.05, 4.69) is 25.8 Å². The maximum Gasteiger partial charge on any atom is 0.141 e. The molecule has 0 fully saturated rings. The molecule has 0 amide bonds. The van der Waals surface area contributed by atoms with Crippen LogP contribution >= 0.6 is 11.6 Å². The molecule has 0 aliphatic carbocycles. The predicted molar refractivity (Wildman–Crippen MR) is 77.8 cm³/mol. The highest BCUT2D eigenvalue weighted by Crippen LogP contribution is 2.25. The van der Waals surface area contributed by atoms with Gasteiger partial charge in [0.15, 0.2) is 0 Å². The number of rotatable bonds is 2. The fraction of sp³-hybridized carbons (Fsp3) is 0.312. The molecule has 0 saturated carbocycles. The van der Waals surface area contributed by atoms with Gasteiger partial charge in [0.2, 0.25) is 0 Å². The van der Waals surface area contributed by atoms with E-state index in [1.54, 1.807) is 12.1 Å². The van der Waals surface area contributed by atoms with E-state index in [0.717, 1.165) is 23.4 Å². The third-order valence-corrected chi connectivity index (χ3v) is 3.02. The topological polar surface area (TPSA) is 12.9 Å². The number of benzene rings is 1. The van der Waals surface area contributed by atoms with Gasteiger partial charge in [-0.15, -0.1) is 0 Å². The second-order valence-corrected chi connectivity index (χ2v) is 6.29. The minimum Gasteiger partial charge on any atom is -0.253 e. The quantitative estimate of drug-likeness (QED) is 0.741. The van der Waals surface area contributed by atoms with E-state index >= 15 is 0 Å². The molecule has 100 valence electrons. The monoisotopic (exact) mass is 277 g/mol. The van der Waals surface area contributed by atoms with E-state index in [1.165, 1.54) is 6.07 Å². The lowest BCUT2D eigenvalue weighted by atomic mass is 9.90. The van der Waals surface area contributed by atoms with E-state index in [1.807, 2.05) is 18.2 Å². The Morgan fingerprint density at radius 1 is 1.16 bits per heavy atom. The number of pyridine rings is 1. The van der Waals surface area contributed by atoms with Crippen molar-refractivity contribution in [1.29, 1.82) is 0 Å². The summed E-state index contributed by atoms with van der Waals surface area (Å²) >= 11 is 5.81. The fourth-order valence-corrected chi connectivity index (χ4v) is 2.12. The number of halogens is 2. The zero-order valence-corrected chi connectivity index (χ0v) is 12.1. The number of hydrogen-bond acceptors (Lipinski definition) is 1. The van der Waals surface area contributed by atoms with Crippen LogP contribution in [0.3, 0.4) is 0 Å². The van der Waals surface area contributed by atoms with Gasteiger partial charge in [0.05, 0.1) is 10.7 Å². The molecule has 0 spiro atoms. The van der Waals surface area contributed by atoms with Crippen molar-refractivity contribution < 1.29 is 4.39 Å². The lowest BCUT2D eigenvalue weighted by Crippen LogP contribution is -2.10. The standard InChI is InChI=1S/C16H17ClFN/c1-16(2,3)10-12-5-4-6-15(19-12)11-7-8-14(18)13(17)9-11/h4-9H,10H2,1-3H3. The van der Waals surface area contributed by atoms with Crippen molar-refractivity contribution in [2.75, 3.05) is 0 Å². The van der Waals surface area contributed by atoms with E-state index in [-0.39, 0.29) is 10.4 Å². The van der Waals surface area contributed by atoms with Crippen molar-refractivity contribution in [3.05, 3.63) is 52.9 Å². The Morgan fingerprint density at radius 2 is 1.89 bits per heavy atom. The van der Waals surface area contributed by atoms with Crippen molar-refractivity contribution >= 4 is 11.6 Å². The molecule has 0 radical (unpaired) electrons. The van der Waals surface area contributed by atoms with Crippen LogP contribution in [-0.4, -0.2) is 4.98 Å². The maximum absolute atomic E-state index is 13.2. The Kier molecular flexibility index (Phi) is 3.91. The molecule has 0 aliphatic heterocycles. The van der Waals surface area contributed by atoms with Crippen LogP contribution < -0.4 is 0 Å². The summed E-state index contributed by atoms with van der Waals surface area (Å²) in [6.07, 6.45) is 0.899. The zero-order valence-electron chi connectivity index (χ0n) is 11.4. The number of hydrogen-bond donors (Lipinski definition) is 0. The highest BCUT2D eigenvalue weighted by atomic mass is 35.5. The van der Waals surface area contributed by atoms with Gasteiger partial charge in [-0.2, -0.15) is 0 Å². The first kappa shape index (κ1) is 14.0. The highest BCUT2D eigenvalue weighted by Gasteiger charge is 2.13. The second-order valence-electron chi connectivity index (χ2n) is 5.88. The molecule has 1 aromatic heterocycles. The fourth-order valence-electron chi connectivity index (χ4n) is 1.94. The number of nitrogens with zero attached hydrogens (tertiary/aromatic N) is 1. The first-order chi connectivity index (χ1) is 8.85. The predicted octanol–water partition coefficient (Wildman–Crippen LogP) is 5.13. The molecule has 2 rings (SSSR count). The molecule has 1 aromatic carbocycles. The molecule has 0 N–H and O–H groups in total. The summed E-state index contributed by atoms with van der Waals surface area (Å²) < 4.78 is 13.2. The normalized spacial score (nSPS) is 11.6. The average molecular weight is 278 g/mol. The Balaban J connectivity index is 2.35. The Bertz CT molecular complexity index is 588. The van der Waals surface area contributed by atoms with Gasteiger partial charge in [-0.25, -0.2) is 4.39 Å². The molecule has 19 heavy (non-hydrogen) atoms. The molecule has 0 unspecified atom stereocenters. The molecule has 0 saturated heterocycles. The van der Waals surface area contributed by atoms with E-state index in [0.29, 0.717) is 0 Å². The summed E-state index contributed by atoms with van der Waals surface area (Å²) in [4.78, 5) is 4.62. The SMILES string of the molecule is CC(C)(C)Cc1cccc(-c2ccc(F)c(Cl)c2)n1. The summed E-state index contributed by atoms with van der Waals surface area (Å²) in [6.45, 7) is 6.53. The number of aromatic nitrogens is 1. The van der Waals surface area contributed by atoms with Crippen LogP contribution in [0.5, 0.6) is 0 Å². The van der Waals surface area contributed by atoms with Crippen molar-refractivity contribution in [3.63, 3.8) is 0 Å². The van der Waals surface area contributed by atoms with Crippen LogP contribution in [0.2, 0.25) is 5.02 Å². The van der Waals surface area contributed by atoms with Gasteiger partial charge in [0, 0.05) is 11.3 Å². The summed E-state index contributed by atoms with van der Waals surface area (Å²) in [6, 6.07) is 10.6. The van der Waals surface area contributed by atoms with Gasteiger partial charge < -0.3 is 0 Å². The Morgan fingerprint density at radius 3 is 2.53 bits per heavy atom. The van der Waals surface area contributed by atoms with Crippen LogP contribution in [-0.2, 0) is 6.42 Å². The van der Waals surface area contributed by atoms with Crippen molar-refractivity contribution in [2.24, 2.45) is 5.41 Å². The van der Waals surface area contributed by atoms with Gasteiger partial charge in [0.25, 0.3) is 0 Å². The first-order valence-corrected chi connectivity index (χ1v) is 6.64. The van der Waals surface area contributed by atoms with Crippen molar-refractivity contribution in [3.8, 4) is 11.3 Å². The average Bonchev–Trinajstić information content (AvgIpc) is 2.31. The molecule has 1 heterocycles. The van der Waals surface area contributed by atoms with Crippen LogP contribution in [0.1, 0.15) is 26.5 Å². The zero-order chi connectivity index (χ0) is 14.0. The lowest BCUT2D eigenvalue weighted by Gasteiger charge is -2.17. The summed E-state index contributed by atoms with van der Waals surface area (Å²) in [5.74, 6) is -0.406. The lowest BCUT2D eigenvalue weighted by molar-refractivity contribution is 0.406. The second kappa shape index (κ2) is 5.30. The van der Waals surface area contributed by atoms with Crippen LogP contribution in [0, 0.1) is 11.2 Å². The maximum atomic E-state index is 13.2. The molecule has 2 aromatic rings. The van der Waals surface area contributed by atoms with Crippen LogP contribution in [0.25, 0.3) is 11.3 Å². The molecule has 0 bridgehead atoms. The highest BCUT2D eigenvalue weighted by molar-refractivity contribution is 6.31. The van der Waals surface area contributed by atoms with Crippen molar-refractivity contribution in [1.82, 2.24) is 4.98 Å². The van der Waals surface area contributed by atoms with Gasteiger partial charge >= 0.3 is 0 Å². The van der Waals surface area contributed by atoms with E-state index < -0.39 is 5.82 Å². The van der Waals surface area contributed by atoms with E-state index in [9.17, 15) is 4.39 Å². The molecular formula is C16H17ClFN. The summed E-state index contributed by atoms with van der Waals surface area (Å²) in [5, 5.41) is 0.125. The largest absolute Gasteiger partial charge is 0.253 e. The minimum absolute atomic E-state index is 0.125. The molecular weight excluding hydrogens is 261 g/mol. The smallest absolute Gasteiger partial charge is 0.141 e. The molecule has 0 atom stereocenters. The Hall–Kier alpha value is -1.41. The minimum atomic E-state index is -0.406. The molecule has 1 nitrogen and oxygen atoms in total. The Labute approximate surface area is 118 Å². The van der Waals surface area contributed by atoms with Crippen LogP contribution in [0.4, 0.5) is 4.39 Å². The summed E-state index contributed by atoms with van der Waals surface area (Å²) in [7, 11) is 0. The van der Waals surface area contributed by atoms with Crippen LogP contribution in [0.15, 0.2) is 36.4 Å². The summed E-state index contributed by atoms with van der Waals surface area (Å²) in [5.41, 5.74) is 2.88.